The van der Waals surface area contributed by atoms with Crippen molar-refractivity contribution in [1.29, 1.82) is 0 Å². The van der Waals surface area contributed by atoms with Crippen LogP contribution in [0.4, 0.5) is 5.69 Å². The fourth-order valence-corrected chi connectivity index (χ4v) is 3.55. The van der Waals surface area contributed by atoms with Gasteiger partial charge in [-0.1, -0.05) is 13.0 Å². The van der Waals surface area contributed by atoms with E-state index in [4.69, 9.17) is 0 Å². The van der Waals surface area contributed by atoms with Gasteiger partial charge in [0.25, 0.3) is 0 Å². The predicted molar refractivity (Wildman–Crippen MR) is 107 cm³/mol. The zero-order valence-electron chi connectivity index (χ0n) is 16.3. The Labute approximate surface area is 151 Å². The maximum atomic E-state index is 12.2. The molecule has 0 amide bonds. The van der Waals surface area contributed by atoms with Crippen molar-refractivity contribution in [1.82, 2.24) is 4.57 Å². The molecule has 0 N–H and O–H groups in total. The molecule has 1 aromatic heterocycles. The highest BCUT2D eigenvalue weighted by atomic mass is 16.1. The molecule has 0 aliphatic heterocycles. The number of aromatic nitrogens is 1. The van der Waals surface area contributed by atoms with Crippen LogP contribution in [0.15, 0.2) is 29.3 Å². The van der Waals surface area contributed by atoms with Gasteiger partial charge in [-0.25, -0.2) is 0 Å². The van der Waals surface area contributed by atoms with E-state index in [-0.39, 0.29) is 5.78 Å². The molecule has 25 heavy (non-hydrogen) atoms. The molecule has 0 aliphatic carbocycles. The number of hydrogen-bond donors (Lipinski definition) is 0. The first-order chi connectivity index (χ1) is 12.0. The second kappa shape index (κ2) is 8.15. The first-order valence-electron chi connectivity index (χ1n) is 8.96. The van der Waals surface area contributed by atoms with Crippen LogP contribution < -0.4 is 4.90 Å². The number of carbonyl (C=O) groups excluding carboxylic acids is 1. The maximum Gasteiger partial charge on any atom is 0.162 e. The van der Waals surface area contributed by atoms with Crippen molar-refractivity contribution >= 4 is 17.7 Å². The summed E-state index contributed by atoms with van der Waals surface area (Å²) in [4.78, 5) is 18.7. The molecular formula is C21H29N3O. The Balaban J connectivity index is 2.63. The largest absolute Gasteiger partial charge is 0.372 e. The molecule has 1 aromatic carbocycles. The normalized spacial score (nSPS) is 11.3. The number of ketones is 1. The van der Waals surface area contributed by atoms with E-state index < -0.39 is 0 Å². The van der Waals surface area contributed by atoms with E-state index in [0.717, 1.165) is 47.7 Å². The topological polar surface area (TPSA) is 37.6 Å². The van der Waals surface area contributed by atoms with Gasteiger partial charge in [0.1, 0.15) is 0 Å². The quantitative estimate of drug-likeness (QED) is 0.547. The molecule has 2 rings (SSSR count). The molecule has 2 aromatic rings. The third-order valence-electron chi connectivity index (χ3n) is 4.63. The van der Waals surface area contributed by atoms with Gasteiger partial charge >= 0.3 is 0 Å². The molecule has 0 unspecified atom stereocenters. The Morgan fingerprint density at radius 3 is 2.52 bits per heavy atom. The highest BCUT2D eigenvalue weighted by molar-refractivity contribution is 6.04. The minimum atomic E-state index is 0.0755. The van der Waals surface area contributed by atoms with E-state index in [1.165, 1.54) is 5.69 Å². The molecule has 1 heterocycles. The Bertz CT molecular complexity index is 787. The molecule has 0 atom stereocenters. The zero-order valence-corrected chi connectivity index (χ0v) is 16.3. The molecule has 134 valence electrons. The van der Waals surface area contributed by atoms with Gasteiger partial charge in [-0.2, -0.15) is 0 Å². The third-order valence-corrected chi connectivity index (χ3v) is 4.63. The molecule has 0 fully saturated rings. The molecule has 0 saturated heterocycles. The van der Waals surface area contributed by atoms with Crippen molar-refractivity contribution < 1.29 is 4.79 Å². The summed E-state index contributed by atoms with van der Waals surface area (Å²) in [5, 5.41) is 0. The van der Waals surface area contributed by atoms with Gasteiger partial charge < -0.3 is 9.47 Å². The number of carbonyl (C=O) groups is 1. The Kier molecular flexibility index (Phi) is 6.18. The number of rotatable bonds is 7. The van der Waals surface area contributed by atoms with Crippen molar-refractivity contribution in [2.45, 2.75) is 41.0 Å². The molecule has 0 spiro atoms. The van der Waals surface area contributed by atoms with E-state index in [9.17, 15) is 4.79 Å². The van der Waals surface area contributed by atoms with Gasteiger partial charge in [0.05, 0.1) is 0 Å². The summed E-state index contributed by atoms with van der Waals surface area (Å²) in [6.45, 7) is 12.1. The second-order valence-corrected chi connectivity index (χ2v) is 6.34. The summed E-state index contributed by atoms with van der Waals surface area (Å²) in [7, 11) is 1.74. The van der Waals surface area contributed by atoms with Crippen LogP contribution in [0.3, 0.4) is 0 Å². The number of nitrogens with zero attached hydrogens (tertiary/aromatic N) is 3. The third kappa shape index (κ3) is 3.68. The zero-order chi connectivity index (χ0) is 18.6. The first kappa shape index (κ1) is 19.0. The molecule has 0 aliphatic rings. The van der Waals surface area contributed by atoms with Gasteiger partial charge in [0.2, 0.25) is 0 Å². The van der Waals surface area contributed by atoms with Crippen LogP contribution in [-0.4, -0.2) is 36.7 Å². The highest BCUT2D eigenvalue weighted by Gasteiger charge is 2.20. The van der Waals surface area contributed by atoms with Crippen LogP contribution in [0, 0.1) is 13.8 Å². The van der Waals surface area contributed by atoms with E-state index in [1.807, 2.05) is 13.8 Å². The Hall–Kier alpha value is -2.36. The fraction of sp³-hybridized carbons (Fsp3) is 0.429. The number of benzene rings is 1. The Morgan fingerprint density at radius 1 is 1.24 bits per heavy atom. The fourth-order valence-electron chi connectivity index (χ4n) is 3.55. The smallest absolute Gasteiger partial charge is 0.162 e. The van der Waals surface area contributed by atoms with Crippen LogP contribution >= 0.6 is 0 Å². The predicted octanol–water partition coefficient (Wildman–Crippen LogP) is 4.58. The average molecular weight is 339 g/mol. The van der Waals surface area contributed by atoms with Crippen molar-refractivity contribution in [3.05, 3.63) is 46.8 Å². The number of hydrogen-bond acceptors (Lipinski definition) is 3. The van der Waals surface area contributed by atoms with Crippen LogP contribution in [0.2, 0.25) is 0 Å². The molecule has 4 heteroatoms. The molecule has 4 nitrogen and oxygen atoms in total. The summed E-state index contributed by atoms with van der Waals surface area (Å²) < 4.78 is 2.16. The van der Waals surface area contributed by atoms with Gasteiger partial charge in [0.15, 0.2) is 5.78 Å². The van der Waals surface area contributed by atoms with Crippen molar-refractivity contribution in [3.63, 3.8) is 0 Å². The van der Waals surface area contributed by atoms with Crippen LogP contribution in [0.5, 0.6) is 0 Å². The summed E-state index contributed by atoms with van der Waals surface area (Å²) >= 11 is 0. The number of aliphatic imine (C=N–C) groups is 1. The lowest BCUT2D eigenvalue weighted by Crippen LogP contribution is -2.23. The molecule has 0 radical (unpaired) electrons. The monoisotopic (exact) mass is 339 g/mol. The van der Waals surface area contributed by atoms with Crippen molar-refractivity contribution in [2.24, 2.45) is 4.99 Å². The number of anilines is 1. The first-order valence-corrected chi connectivity index (χ1v) is 8.96. The lowest BCUT2D eigenvalue weighted by atomic mass is 10.1. The van der Waals surface area contributed by atoms with E-state index in [2.05, 4.69) is 52.6 Å². The van der Waals surface area contributed by atoms with Gasteiger partial charge in [-0.3, -0.25) is 9.79 Å². The van der Waals surface area contributed by atoms with Crippen molar-refractivity contribution in [3.8, 4) is 5.69 Å². The van der Waals surface area contributed by atoms with E-state index >= 15 is 0 Å². The van der Waals surface area contributed by atoms with Gasteiger partial charge in [0, 0.05) is 60.2 Å². The van der Waals surface area contributed by atoms with Gasteiger partial charge in [-0.05, 0) is 52.3 Å². The average Bonchev–Trinajstić information content (AvgIpc) is 2.83. The summed E-state index contributed by atoms with van der Waals surface area (Å²) in [5.74, 6) is 0.0755. The van der Waals surface area contributed by atoms with E-state index in [1.54, 1.807) is 20.2 Å². The summed E-state index contributed by atoms with van der Waals surface area (Å²) in [6.07, 6.45) is 2.90. The lowest BCUT2D eigenvalue weighted by Gasteiger charge is -2.23. The SMILES string of the molecule is CCCN(CC)c1cccc(-n2c(C)c(C=NC)c(C(C)=O)c2C)c1. The molecule has 0 saturated carbocycles. The maximum absolute atomic E-state index is 12.2. The lowest BCUT2D eigenvalue weighted by molar-refractivity contribution is 0.101. The summed E-state index contributed by atoms with van der Waals surface area (Å²) in [6, 6.07) is 8.54. The van der Waals surface area contributed by atoms with Crippen LogP contribution in [0.1, 0.15) is 54.5 Å². The molecular weight excluding hydrogens is 310 g/mol. The minimum Gasteiger partial charge on any atom is -0.372 e. The van der Waals surface area contributed by atoms with Crippen LogP contribution in [0.25, 0.3) is 5.69 Å². The van der Waals surface area contributed by atoms with Gasteiger partial charge in [-0.15, -0.1) is 0 Å². The van der Waals surface area contributed by atoms with Crippen LogP contribution in [-0.2, 0) is 0 Å². The van der Waals surface area contributed by atoms with Crippen molar-refractivity contribution in [2.75, 3.05) is 25.0 Å². The molecule has 0 bridgehead atoms. The highest BCUT2D eigenvalue weighted by Crippen LogP contribution is 2.28. The summed E-state index contributed by atoms with van der Waals surface area (Å²) in [5.41, 5.74) is 5.98. The Morgan fingerprint density at radius 2 is 1.96 bits per heavy atom. The standard InChI is InChI=1S/C21H29N3O/c1-7-12-23(8-2)18-10-9-11-19(13-18)24-15(3)20(14-22-6)21(16(24)4)17(5)25/h9-11,13-14H,7-8,12H2,1-6H3. The van der Waals surface area contributed by atoms with E-state index in [0.29, 0.717) is 0 Å². The second-order valence-electron chi connectivity index (χ2n) is 6.34. The number of Topliss-reactive ketones (excluding diaryl/α,β-unsaturated/α-hetero) is 1. The minimum absolute atomic E-state index is 0.0755.